The lowest BCUT2D eigenvalue weighted by Gasteiger charge is -2.29. The third kappa shape index (κ3) is 3.50. The van der Waals surface area contributed by atoms with E-state index in [-0.39, 0.29) is 10.7 Å². The van der Waals surface area contributed by atoms with Crippen LogP contribution in [0, 0.1) is 17.4 Å². The average molecular weight is 462 g/mol. The summed E-state index contributed by atoms with van der Waals surface area (Å²) in [6.45, 7) is 3.97. The van der Waals surface area contributed by atoms with Crippen LogP contribution in [0.25, 0.3) is 6.08 Å². The van der Waals surface area contributed by atoms with Gasteiger partial charge in [-0.15, -0.1) is 0 Å². The van der Waals surface area contributed by atoms with Crippen LogP contribution in [-0.2, 0) is 9.59 Å². The molecule has 1 aliphatic heterocycles. The van der Waals surface area contributed by atoms with Crippen molar-refractivity contribution in [1.82, 2.24) is 5.32 Å². The molecule has 1 saturated heterocycles. The Labute approximate surface area is 165 Å². The van der Waals surface area contributed by atoms with E-state index in [0.717, 1.165) is 20.3 Å². The molecular formula is C19H15IN2O2S. The number of anilines is 1. The minimum absolute atomic E-state index is 0.0657. The number of thiocarbonyl (C=S) groups is 1. The van der Waals surface area contributed by atoms with E-state index in [2.05, 4.69) is 27.9 Å². The molecule has 6 heteroatoms. The lowest BCUT2D eigenvalue weighted by Crippen LogP contribution is -2.54. The summed E-state index contributed by atoms with van der Waals surface area (Å²) in [5, 5.41) is 2.70. The number of amides is 2. The van der Waals surface area contributed by atoms with Gasteiger partial charge in [-0.05, 0) is 89.6 Å². The number of rotatable bonds is 2. The maximum atomic E-state index is 13.0. The van der Waals surface area contributed by atoms with Crippen LogP contribution in [0.5, 0.6) is 0 Å². The fourth-order valence-corrected chi connectivity index (χ4v) is 3.33. The summed E-state index contributed by atoms with van der Waals surface area (Å²) in [5.41, 5.74) is 3.70. The van der Waals surface area contributed by atoms with E-state index in [9.17, 15) is 9.59 Å². The predicted molar refractivity (Wildman–Crippen MR) is 111 cm³/mol. The van der Waals surface area contributed by atoms with Gasteiger partial charge in [-0.3, -0.25) is 19.8 Å². The van der Waals surface area contributed by atoms with Crippen molar-refractivity contribution in [2.45, 2.75) is 13.8 Å². The van der Waals surface area contributed by atoms with Crippen LogP contribution in [0.3, 0.4) is 0 Å². The molecule has 1 fully saturated rings. The van der Waals surface area contributed by atoms with Crippen molar-refractivity contribution < 1.29 is 9.59 Å². The summed E-state index contributed by atoms with van der Waals surface area (Å²) in [6, 6.07) is 13.2. The molecule has 1 heterocycles. The Morgan fingerprint density at radius 1 is 1.08 bits per heavy atom. The van der Waals surface area contributed by atoms with E-state index in [4.69, 9.17) is 12.2 Å². The van der Waals surface area contributed by atoms with Crippen LogP contribution in [-0.4, -0.2) is 16.9 Å². The van der Waals surface area contributed by atoms with Crippen molar-refractivity contribution in [3.05, 3.63) is 68.3 Å². The van der Waals surface area contributed by atoms with E-state index in [1.165, 1.54) is 4.90 Å². The second-order valence-electron chi connectivity index (χ2n) is 5.75. The number of benzene rings is 2. The van der Waals surface area contributed by atoms with Crippen LogP contribution in [0.2, 0.25) is 0 Å². The molecule has 3 rings (SSSR count). The summed E-state index contributed by atoms with van der Waals surface area (Å²) in [7, 11) is 0. The number of hydrogen-bond donors (Lipinski definition) is 1. The van der Waals surface area contributed by atoms with Gasteiger partial charge in [0.25, 0.3) is 11.8 Å². The molecule has 2 amide bonds. The zero-order chi connectivity index (χ0) is 18.1. The minimum atomic E-state index is -0.477. The quantitative estimate of drug-likeness (QED) is 0.320. The lowest BCUT2D eigenvalue weighted by molar-refractivity contribution is -0.122. The van der Waals surface area contributed by atoms with Crippen molar-refractivity contribution in [1.29, 1.82) is 0 Å². The van der Waals surface area contributed by atoms with Crippen molar-refractivity contribution in [3.63, 3.8) is 0 Å². The highest BCUT2D eigenvalue weighted by Crippen LogP contribution is 2.25. The highest BCUT2D eigenvalue weighted by Gasteiger charge is 2.34. The molecule has 1 N–H and O–H groups in total. The normalized spacial score (nSPS) is 16.4. The predicted octanol–water partition coefficient (Wildman–Crippen LogP) is 3.74. The molecule has 25 heavy (non-hydrogen) atoms. The number of nitrogens with one attached hydrogen (secondary N) is 1. The zero-order valence-corrected chi connectivity index (χ0v) is 16.6. The largest absolute Gasteiger partial charge is 0.298 e. The summed E-state index contributed by atoms with van der Waals surface area (Å²) in [6.07, 6.45) is 1.61. The zero-order valence-electron chi connectivity index (χ0n) is 13.7. The Kier molecular flexibility index (Phi) is 5.01. The van der Waals surface area contributed by atoms with Gasteiger partial charge in [0.05, 0.1) is 5.69 Å². The molecule has 126 valence electrons. The van der Waals surface area contributed by atoms with Crippen LogP contribution < -0.4 is 10.2 Å². The van der Waals surface area contributed by atoms with E-state index < -0.39 is 11.8 Å². The van der Waals surface area contributed by atoms with E-state index in [1.807, 2.05) is 56.3 Å². The average Bonchev–Trinajstić information content (AvgIpc) is 2.56. The number of aryl methyl sites for hydroxylation is 2. The number of carbonyl (C=O) groups excluding carboxylic acids is 2. The first kappa shape index (κ1) is 17.8. The second-order valence-corrected chi connectivity index (χ2v) is 7.30. The first-order valence-electron chi connectivity index (χ1n) is 7.61. The Bertz CT molecular complexity index is 937. The SMILES string of the molecule is Cc1ccc(N2C(=O)/C(=C/c3ccccc3I)C(=O)NC2=S)cc1C. The number of halogens is 1. The summed E-state index contributed by atoms with van der Waals surface area (Å²) in [5.74, 6) is -0.897. The van der Waals surface area contributed by atoms with E-state index in [0.29, 0.717) is 5.69 Å². The van der Waals surface area contributed by atoms with Gasteiger partial charge in [0, 0.05) is 3.57 Å². The topological polar surface area (TPSA) is 49.4 Å². The molecule has 0 unspecified atom stereocenters. The minimum Gasteiger partial charge on any atom is -0.298 e. The third-order valence-electron chi connectivity index (χ3n) is 4.06. The molecule has 4 nitrogen and oxygen atoms in total. The maximum Gasteiger partial charge on any atom is 0.270 e. The van der Waals surface area contributed by atoms with Gasteiger partial charge in [-0.2, -0.15) is 0 Å². The molecule has 0 atom stereocenters. The molecule has 0 saturated carbocycles. The molecule has 0 bridgehead atoms. The standard InChI is InChI=1S/C19H15IN2O2S/c1-11-7-8-14(9-12(11)2)22-18(24)15(17(23)21-19(22)25)10-13-5-3-4-6-16(13)20/h3-10H,1-2H3,(H,21,23,25)/b15-10+. The molecule has 0 aromatic heterocycles. The lowest BCUT2D eigenvalue weighted by atomic mass is 10.1. The second kappa shape index (κ2) is 7.05. The fourth-order valence-electron chi connectivity index (χ4n) is 2.50. The summed E-state index contributed by atoms with van der Waals surface area (Å²) >= 11 is 7.40. The first-order chi connectivity index (χ1) is 11.9. The van der Waals surface area contributed by atoms with Gasteiger partial charge < -0.3 is 0 Å². The van der Waals surface area contributed by atoms with Gasteiger partial charge in [0.1, 0.15) is 5.57 Å². The first-order valence-corrected chi connectivity index (χ1v) is 9.10. The molecular weight excluding hydrogens is 447 g/mol. The highest BCUT2D eigenvalue weighted by molar-refractivity contribution is 14.1. The highest BCUT2D eigenvalue weighted by atomic mass is 127. The molecule has 2 aromatic carbocycles. The summed E-state index contributed by atoms with van der Waals surface area (Å²) < 4.78 is 0.957. The van der Waals surface area contributed by atoms with Gasteiger partial charge in [-0.25, -0.2) is 0 Å². The number of carbonyl (C=O) groups is 2. The van der Waals surface area contributed by atoms with Gasteiger partial charge in [0.15, 0.2) is 5.11 Å². The monoisotopic (exact) mass is 462 g/mol. The Balaban J connectivity index is 2.05. The fraction of sp³-hybridized carbons (Fsp3) is 0.105. The third-order valence-corrected chi connectivity index (χ3v) is 5.32. The molecule has 0 aliphatic carbocycles. The molecule has 0 radical (unpaired) electrons. The molecule has 2 aromatic rings. The van der Waals surface area contributed by atoms with Crippen LogP contribution in [0.15, 0.2) is 48.0 Å². The van der Waals surface area contributed by atoms with Crippen molar-refractivity contribution in [3.8, 4) is 0 Å². The molecule has 1 aliphatic rings. The Morgan fingerprint density at radius 2 is 1.80 bits per heavy atom. The van der Waals surface area contributed by atoms with E-state index >= 15 is 0 Å². The number of hydrogen-bond acceptors (Lipinski definition) is 3. The Morgan fingerprint density at radius 3 is 2.48 bits per heavy atom. The van der Waals surface area contributed by atoms with Gasteiger partial charge in [-0.1, -0.05) is 24.3 Å². The Hall–Kier alpha value is -2.06. The van der Waals surface area contributed by atoms with E-state index in [1.54, 1.807) is 6.08 Å². The number of nitrogens with zero attached hydrogens (tertiary/aromatic N) is 1. The van der Waals surface area contributed by atoms with Crippen molar-refractivity contribution in [2.24, 2.45) is 0 Å². The van der Waals surface area contributed by atoms with Gasteiger partial charge in [0.2, 0.25) is 0 Å². The van der Waals surface area contributed by atoms with Crippen LogP contribution in [0.1, 0.15) is 16.7 Å². The smallest absolute Gasteiger partial charge is 0.270 e. The van der Waals surface area contributed by atoms with Crippen LogP contribution in [0.4, 0.5) is 5.69 Å². The summed E-state index contributed by atoms with van der Waals surface area (Å²) in [4.78, 5) is 26.6. The van der Waals surface area contributed by atoms with Crippen LogP contribution >= 0.6 is 34.8 Å². The maximum absolute atomic E-state index is 13.0. The van der Waals surface area contributed by atoms with Gasteiger partial charge >= 0.3 is 0 Å². The molecule has 0 spiro atoms. The van der Waals surface area contributed by atoms with Crippen molar-refractivity contribution in [2.75, 3.05) is 4.90 Å². The van der Waals surface area contributed by atoms with Crippen molar-refractivity contribution >= 4 is 63.5 Å².